The highest BCUT2D eigenvalue weighted by atomic mass is 19.3. The number of carbonyl (C=O) groups excluding carboxylic acids is 2. The van der Waals surface area contributed by atoms with Crippen LogP contribution in [0, 0.1) is 11.8 Å². The van der Waals surface area contributed by atoms with E-state index in [4.69, 9.17) is 9.84 Å². The van der Waals surface area contributed by atoms with Crippen LogP contribution in [0.3, 0.4) is 0 Å². The van der Waals surface area contributed by atoms with Gasteiger partial charge in [0.05, 0.1) is 5.92 Å². The SMILES string of the molecule is C=CCN(CC(=O)O)C(=O)C1C(CNC(=O)OCC2c3ccccc3-c3ccccc32)C1(F)F. The molecule has 0 bridgehead atoms. The number of alkyl carbamates (subject to hydrolysis) is 1. The van der Waals surface area contributed by atoms with E-state index in [1.807, 2.05) is 48.5 Å². The first kappa shape index (κ1) is 23.4. The van der Waals surface area contributed by atoms with E-state index in [0.717, 1.165) is 27.2 Å². The molecule has 178 valence electrons. The average molecular weight is 470 g/mol. The first-order valence-electron chi connectivity index (χ1n) is 10.8. The summed E-state index contributed by atoms with van der Waals surface area (Å²) in [5, 5.41) is 11.2. The molecule has 0 aliphatic heterocycles. The second kappa shape index (κ2) is 9.24. The fourth-order valence-electron chi connectivity index (χ4n) is 4.57. The molecular formula is C25H24F2N2O5. The molecule has 2 aromatic carbocycles. The number of nitrogens with one attached hydrogen (secondary N) is 1. The van der Waals surface area contributed by atoms with E-state index in [0.29, 0.717) is 0 Å². The van der Waals surface area contributed by atoms with Crippen molar-refractivity contribution in [1.82, 2.24) is 10.2 Å². The Bertz CT molecular complexity index is 1090. The van der Waals surface area contributed by atoms with Crippen LogP contribution in [0.15, 0.2) is 61.2 Å². The average Bonchev–Trinajstić information content (AvgIpc) is 3.21. The van der Waals surface area contributed by atoms with E-state index in [2.05, 4.69) is 11.9 Å². The maximum Gasteiger partial charge on any atom is 0.407 e. The Morgan fingerprint density at radius 3 is 2.24 bits per heavy atom. The number of aliphatic carboxylic acids is 1. The van der Waals surface area contributed by atoms with Crippen molar-refractivity contribution in [3.05, 3.63) is 72.3 Å². The zero-order valence-corrected chi connectivity index (χ0v) is 18.2. The molecule has 2 unspecified atom stereocenters. The number of nitrogens with zero attached hydrogens (tertiary/aromatic N) is 1. The van der Waals surface area contributed by atoms with E-state index in [1.54, 1.807) is 0 Å². The molecule has 0 aromatic heterocycles. The van der Waals surface area contributed by atoms with Gasteiger partial charge in [-0.05, 0) is 22.3 Å². The lowest BCUT2D eigenvalue weighted by molar-refractivity contribution is -0.145. The van der Waals surface area contributed by atoms with E-state index >= 15 is 0 Å². The van der Waals surface area contributed by atoms with Gasteiger partial charge in [0.1, 0.15) is 19.1 Å². The Morgan fingerprint density at radius 1 is 1.09 bits per heavy atom. The summed E-state index contributed by atoms with van der Waals surface area (Å²) in [6, 6.07) is 15.6. The van der Waals surface area contributed by atoms with Gasteiger partial charge in [0.2, 0.25) is 5.91 Å². The van der Waals surface area contributed by atoms with Crippen LogP contribution >= 0.6 is 0 Å². The molecule has 1 saturated carbocycles. The Kier molecular flexibility index (Phi) is 6.37. The molecular weight excluding hydrogens is 446 g/mol. The van der Waals surface area contributed by atoms with Gasteiger partial charge in [-0.2, -0.15) is 0 Å². The summed E-state index contributed by atoms with van der Waals surface area (Å²) in [4.78, 5) is 36.4. The van der Waals surface area contributed by atoms with Gasteiger partial charge in [-0.1, -0.05) is 54.6 Å². The van der Waals surface area contributed by atoms with Gasteiger partial charge in [-0.15, -0.1) is 6.58 Å². The van der Waals surface area contributed by atoms with Gasteiger partial charge in [-0.25, -0.2) is 13.6 Å². The Morgan fingerprint density at radius 2 is 1.68 bits per heavy atom. The molecule has 4 rings (SSSR count). The summed E-state index contributed by atoms with van der Waals surface area (Å²) >= 11 is 0. The lowest BCUT2D eigenvalue weighted by atomic mass is 9.98. The zero-order chi connectivity index (χ0) is 24.5. The molecule has 0 spiro atoms. The van der Waals surface area contributed by atoms with E-state index in [1.165, 1.54) is 6.08 Å². The summed E-state index contributed by atoms with van der Waals surface area (Å²) in [5.74, 6) is -8.93. The molecule has 2 aromatic rings. The van der Waals surface area contributed by atoms with Crippen molar-refractivity contribution in [3.8, 4) is 11.1 Å². The molecule has 34 heavy (non-hydrogen) atoms. The first-order chi connectivity index (χ1) is 16.3. The van der Waals surface area contributed by atoms with Crippen molar-refractivity contribution < 1.29 is 33.0 Å². The minimum Gasteiger partial charge on any atom is -0.480 e. The maximum absolute atomic E-state index is 14.2. The molecule has 2 aliphatic rings. The fourth-order valence-corrected chi connectivity index (χ4v) is 4.57. The number of hydrogen-bond donors (Lipinski definition) is 2. The summed E-state index contributed by atoms with van der Waals surface area (Å²) in [7, 11) is 0. The van der Waals surface area contributed by atoms with Crippen molar-refractivity contribution in [3.63, 3.8) is 0 Å². The Hall–Kier alpha value is -3.75. The van der Waals surface area contributed by atoms with E-state index < -0.39 is 48.8 Å². The quantitative estimate of drug-likeness (QED) is 0.547. The van der Waals surface area contributed by atoms with Crippen LogP contribution in [-0.4, -0.2) is 60.1 Å². The zero-order valence-electron chi connectivity index (χ0n) is 18.2. The lowest BCUT2D eigenvalue weighted by Gasteiger charge is -2.18. The highest BCUT2D eigenvalue weighted by Crippen LogP contribution is 2.55. The fraction of sp³-hybridized carbons (Fsp3) is 0.320. The highest BCUT2D eigenvalue weighted by molar-refractivity contribution is 5.87. The molecule has 0 radical (unpaired) electrons. The van der Waals surface area contributed by atoms with E-state index in [9.17, 15) is 23.2 Å². The summed E-state index contributed by atoms with van der Waals surface area (Å²) in [5.41, 5.74) is 4.18. The number of carbonyl (C=O) groups is 3. The summed E-state index contributed by atoms with van der Waals surface area (Å²) in [6.45, 7) is 2.12. The molecule has 7 nitrogen and oxygen atoms in total. The third-order valence-corrected chi connectivity index (χ3v) is 6.27. The standard InChI is InChI=1S/C25H24F2N2O5/c1-2-11-29(13-21(30)31)23(32)22-20(25(22,26)27)12-28-24(33)34-14-19-17-9-5-3-7-15(17)16-8-4-6-10-18(16)19/h2-10,19-20,22H,1,11-14H2,(H,28,33)(H,30,31). The van der Waals surface area contributed by atoms with Crippen LogP contribution in [0.25, 0.3) is 11.1 Å². The first-order valence-corrected chi connectivity index (χ1v) is 10.8. The van der Waals surface area contributed by atoms with Gasteiger partial charge in [0.15, 0.2) is 0 Å². The predicted octanol–water partition coefficient (Wildman–Crippen LogP) is 3.51. The molecule has 1 fully saturated rings. The molecule has 2 atom stereocenters. The third-order valence-electron chi connectivity index (χ3n) is 6.27. The smallest absolute Gasteiger partial charge is 0.407 e. The lowest BCUT2D eigenvalue weighted by Crippen LogP contribution is -2.38. The van der Waals surface area contributed by atoms with Crippen LogP contribution in [-0.2, 0) is 14.3 Å². The van der Waals surface area contributed by atoms with Crippen molar-refractivity contribution in [1.29, 1.82) is 0 Å². The van der Waals surface area contributed by atoms with Gasteiger partial charge < -0.3 is 20.1 Å². The molecule has 9 heteroatoms. The number of amides is 2. The van der Waals surface area contributed by atoms with Gasteiger partial charge in [0, 0.05) is 19.0 Å². The predicted molar refractivity (Wildman–Crippen MR) is 119 cm³/mol. The number of fused-ring (bicyclic) bond motifs is 3. The van der Waals surface area contributed by atoms with Gasteiger partial charge >= 0.3 is 12.1 Å². The number of alkyl halides is 2. The van der Waals surface area contributed by atoms with Crippen LogP contribution in [0.1, 0.15) is 17.0 Å². The number of carboxylic acid groups (broad SMARTS) is 1. The summed E-state index contributed by atoms with van der Waals surface area (Å²) in [6.07, 6.45) is 0.412. The number of benzene rings is 2. The molecule has 2 aliphatic carbocycles. The van der Waals surface area contributed by atoms with Crippen molar-refractivity contribution in [2.75, 3.05) is 26.2 Å². The van der Waals surface area contributed by atoms with Crippen molar-refractivity contribution in [2.24, 2.45) is 11.8 Å². The largest absolute Gasteiger partial charge is 0.480 e. The molecule has 0 saturated heterocycles. The molecule has 2 N–H and O–H groups in total. The second-order valence-corrected chi connectivity index (χ2v) is 8.37. The van der Waals surface area contributed by atoms with Crippen LogP contribution in [0.2, 0.25) is 0 Å². The third kappa shape index (κ3) is 4.37. The maximum atomic E-state index is 14.2. The van der Waals surface area contributed by atoms with Gasteiger partial charge in [0.25, 0.3) is 5.92 Å². The Balaban J connectivity index is 1.34. The highest BCUT2D eigenvalue weighted by Gasteiger charge is 2.72. The number of carboxylic acids is 1. The molecule has 0 heterocycles. The Labute approximate surface area is 195 Å². The number of ether oxygens (including phenoxy) is 1. The van der Waals surface area contributed by atoms with Crippen molar-refractivity contribution >= 4 is 18.0 Å². The minimum absolute atomic E-state index is 0.0367. The monoisotopic (exact) mass is 470 g/mol. The number of halogens is 2. The van der Waals surface area contributed by atoms with Crippen molar-refractivity contribution in [2.45, 2.75) is 11.8 Å². The van der Waals surface area contributed by atoms with Crippen LogP contribution < -0.4 is 5.32 Å². The van der Waals surface area contributed by atoms with Crippen LogP contribution in [0.4, 0.5) is 13.6 Å². The minimum atomic E-state index is -3.34. The number of hydrogen-bond acceptors (Lipinski definition) is 4. The van der Waals surface area contributed by atoms with E-state index in [-0.39, 0.29) is 19.1 Å². The number of rotatable bonds is 9. The molecule has 2 amide bonds. The normalized spacial score (nSPS) is 19.5. The summed E-state index contributed by atoms with van der Waals surface area (Å²) < 4.78 is 33.8. The topological polar surface area (TPSA) is 95.9 Å². The van der Waals surface area contributed by atoms with Gasteiger partial charge in [-0.3, -0.25) is 9.59 Å². The van der Waals surface area contributed by atoms with Crippen LogP contribution in [0.5, 0.6) is 0 Å². The second-order valence-electron chi connectivity index (χ2n) is 8.37.